The van der Waals surface area contributed by atoms with Crippen molar-refractivity contribution in [3.63, 3.8) is 0 Å². The fraction of sp³-hybridized carbons (Fsp3) is 1.00. The number of hydrogen-bond donors (Lipinski definition) is 0. The molecule has 0 aromatic carbocycles. The summed E-state index contributed by atoms with van der Waals surface area (Å²) in [6.07, 6.45) is 7.44. The summed E-state index contributed by atoms with van der Waals surface area (Å²) < 4.78 is 26.0. The second-order valence-corrected chi connectivity index (χ2v) is 8.80. The molecule has 4 bridgehead atoms. The zero-order valence-corrected chi connectivity index (χ0v) is 11.7. The fourth-order valence-corrected chi connectivity index (χ4v) is 6.14. The first-order chi connectivity index (χ1) is 7.95. The van der Waals surface area contributed by atoms with Gasteiger partial charge in [-0.3, -0.25) is 0 Å². The van der Waals surface area contributed by atoms with Crippen LogP contribution in [-0.2, 0) is 10.0 Å². The van der Waals surface area contributed by atoms with Gasteiger partial charge in [-0.25, -0.2) is 8.42 Å². The lowest BCUT2D eigenvalue weighted by Crippen LogP contribution is -2.60. The van der Waals surface area contributed by atoms with Gasteiger partial charge in [-0.05, 0) is 63.2 Å². The summed E-state index contributed by atoms with van der Waals surface area (Å²) in [6, 6.07) is 0. The second-order valence-electron chi connectivity index (χ2n) is 6.51. The smallest absolute Gasteiger partial charge is 0.212 e. The summed E-state index contributed by atoms with van der Waals surface area (Å²) in [5, 5.41) is 0. The topological polar surface area (TPSA) is 37.4 Å². The molecule has 4 heteroatoms. The SMILES string of the molecule is CCS(=O)(=O)N(C)C12CC3CC(CC(C3)C1)C2. The summed E-state index contributed by atoms with van der Waals surface area (Å²) >= 11 is 0. The van der Waals surface area contributed by atoms with Crippen LogP contribution in [0.15, 0.2) is 0 Å². The molecule has 98 valence electrons. The first-order valence-electron chi connectivity index (χ1n) is 6.92. The highest BCUT2D eigenvalue weighted by Gasteiger charge is 2.54. The van der Waals surface area contributed by atoms with E-state index in [1.165, 1.54) is 19.3 Å². The van der Waals surface area contributed by atoms with Crippen LogP contribution in [0.4, 0.5) is 0 Å². The average Bonchev–Trinajstić information content (AvgIpc) is 2.26. The maximum Gasteiger partial charge on any atom is 0.214 e. The van der Waals surface area contributed by atoms with E-state index < -0.39 is 10.0 Å². The Bertz CT molecular complexity index is 380. The maximum absolute atomic E-state index is 12.1. The lowest BCUT2D eigenvalue weighted by Gasteiger charge is -2.59. The standard InChI is InChI=1S/C13H23NO2S/c1-3-17(15,16)14(2)13-7-10-4-11(8-13)6-12(5-10)9-13/h10-12H,3-9H2,1-2H3. The van der Waals surface area contributed by atoms with E-state index in [1.807, 2.05) is 7.05 Å². The van der Waals surface area contributed by atoms with Crippen molar-refractivity contribution in [3.8, 4) is 0 Å². The average molecular weight is 257 g/mol. The van der Waals surface area contributed by atoms with Crippen molar-refractivity contribution in [3.05, 3.63) is 0 Å². The molecule has 0 spiro atoms. The molecule has 0 heterocycles. The molecule has 0 radical (unpaired) electrons. The molecular weight excluding hydrogens is 234 g/mol. The third-order valence-corrected chi connectivity index (χ3v) is 7.41. The van der Waals surface area contributed by atoms with Crippen LogP contribution in [0.2, 0.25) is 0 Å². The van der Waals surface area contributed by atoms with Crippen molar-refractivity contribution in [2.24, 2.45) is 17.8 Å². The van der Waals surface area contributed by atoms with Gasteiger partial charge in [0.2, 0.25) is 10.0 Å². The van der Waals surface area contributed by atoms with Gasteiger partial charge in [0.25, 0.3) is 0 Å². The Morgan fingerprint density at radius 1 is 1.06 bits per heavy atom. The summed E-state index contributed by atoms with van der Waals surface area (Å²) in [5.74, 6) is 2.65. The molecule has 0 aromatic rings. The number of rotatable bonds is 3. The first kappa shape index (κ1) is 12.0. The predicted octanol–water partition coefficient (Wildman–Crippen LogP) is 2.24. The van der Waals surface area contributed by atoms with E-state index in [0.717, 1.165) is 37.0 Å². The van der Waals surface area contributed by atoms with Crippen LogP contribution in [0.25, 0.3) is 0 Å². The van der Waals surface area contributed by atoms with Gasteiger partial charge >= 0.3 is 0 Å². The highest BCUT2D eigenvalue weighted by Crippen LogP contribution is 2.57. The Balaban J connectivity index is 1.92. The lowest BCUT2D eigenvalue weighted by molar-refractivity contribution is -0.0495. The largest absolute Gasteiger partial charge is 0.214 e. The van der Waals surface area contributed by atoms with E-state index in [0.29, 0.717) is 0 Å². The van der Waals surface area contributed by atoms with E-state index in [2.05, 4.69) is 0 Å². The molecule has 4 aliphatic carbocycles. The minimum absolute atomic E-state index is 0.0103. The van der Waals surface area contributed by atoms with Gasteiger partial charge in [-0.15, -0.1) is 0 Å². The Morgan fingerprint density at radius 3 is 1.82 bits per heavy atom. The lowest BCUT2D eigenvalue weighted by atomic mass is 9.53. The summed E-state index contributed by atoms with van der Waals surface area (Å²) in [5.41, 5.74) is -0.0103. The monoisotopic (exact) mass is 257 g/mol. The van der Waals surface area contributed by atoms with Crippen LogP contribution in [-0.4, -0.2) is 31.1 Å². The third kappa shape index (κ3) is 1.75. The third-order valence-electron chi connectivity index (χ3n) is 5.46. The van der Waals surface area contributed by atoms with Crippen LogP contribution in [0.5, 0.6) is 0 Å². The van der Waals surface area contributed by atoms with Gasteiger partial charge in [0.05, 0.1) is 5.75 Å². The molecule has 0 aliphatic heterocycles. The van der Waals surface area contributed by atoms with Crippen LogP contribution in [0, 0.1) is 17.8 Å². The molecule has 4 fully saturated rings. The Hall–Kier alpha value is -0.0900. The molecule has 0 atom stereocenters. The van der Waals surface area contributed by atoms with E-state index in [1.54, 1.807) is 11.2 Å². The molecule has 17 heavy (non-hydrogen) atoms. The van der Waals surface area contributed by atoms with E-state index in [-0.39, 0.29) is 11.3 Å². The Labute approximate surface area is 105 Å². The molecule has 4 saturated carbocycles. The number of nitrogens with zero attached hydrogens (tertiary/aromatic N) is 1. The molecule has 0 N–H and O–H groups in total. The molecule has 0 amide bonds. The zero-order chi connectivity index (χ0) is 12.3. The molecule has 0 aromatic heterocycles. The quantitative estimate of drug-likeness (QED) is 0.777. The van der Waals surface area contributed by atoms with Crippen LogP contribution < -0.4 is 0 Å². The van der Waals surface area contributed by atoms with Crippen molar-refractivity contribution in [1.82, 2.24) is 4.31 Å². The number of sulfonamides is 1. The van der Waals surface area contributed by atoms with E-state index in [4.69, 9.17) is 0 Å². The Kier molecular flexibility index (Phi) is 2.61. The van der Waals surface area contributed by atoms with Gasteiger partial charge in [0.1, 0.15) is 0 Å². The molecular formula is C13H23NO2S. The van der Waals surface area contributed by atoms with Gasteiger partial charge in [0.15, 0.2) is 0 Å². The van der Waals surface area contributed by atoms with Crippen molar-refractivity contribution in [2.75, 3.05) is 12.8 Å². The van der Waals surface area contributed by atoms with Crippen molar-refractivity contribution < 1.29 is 8.42 Å². The van der Waals surface area contributed by atoms with Crippen LogP contribution in [0.3, 0.4) is 0 Å². The molecule has 4 rings (SSSR count). The predicted molar refractivity (Wildman–Crippen MR) is 68.1 cm³/mol. The zero-order valence-electron chi connectivity index (χ0n) is 10.9. The van der Waals surface area contributed by atoms with Crippen molar-refractivity contribution >= 4 is 10.0 Å². The maximum atomic E-state index is 12.1. The van der Waals surface area contributed by atoms with Crippen molar-refractivity contribution in [1.29, 1.82) is 0 Å². The molecule has 0 unspecified atom stereocenters. The normalized spacial score (nSPS) is 44.5. The molecule has 3 nitrogen and oxygen atoms in total. The summed E-state index contributed by atoms with van der Waals surface area (Å²) in [7, 11) is -1.20. The number of hydrogen-bond acceptors (Lipinski definition) is 2. The van der Waals surface area contributed by atoms with E-state index in [9.17, 15) is 8.42 Å². The minimum atomic E-state index is -3.03. The molecule has 0 saturated heterocycles. The molecule has 4 aliphatic rings. The van der Waals surface area contributed by atoms with Gasteiger partial charge in [0, 0.05) is 12.6 Å². The summed E-state index contributed by atoms with van der Waals surface area (Å²) in [6.45, 7) is 1.76. The van der Waals surface area contributed by atoms with Crippen molar-refractivity contribution in [2.45, 2.75) is 51.0 Å². The highest BCUT2D eigenvalue weighted by molar-refractivity contribution is 7.89. The first-order valence-corrected chi connectivity index (χ1v) is 8.53. The minimum Gasteiger partial charge on any atom is -0.212 e. The van der Waals surface area contributed by atoms with Crippen LogP contribution in [0.1, 0.15) is 45.4 Å². The van der Waals surface area contributed by atoms with Gasteiger partial charge in [-0.2, -0.15) is 4.31 Å². The van der Waals surface area contributed by atoms with E-state index >= 15 is 0 Å². The highest BCUT2D eigenvalue weighted by atomic mass is 32.2. The second kappa shape index (κ2) is 3.70. The van der Waals surface area contributed by atoms with Crippen LogP contribution >= 0.6 is 0 Å². The fourth-order valence-electron chi connectivity index (χ4n) is 4.94. The Morgan fingerprint density at radius 2 is 1.47 bits per heavy atom. The van der Waals surface area contributed by atoms with Gasteiger partial charge in [-0.1, -0.05) is 0 Å². The van der Waals surface area contributed by atoms with Gasteiger partial charge < -0.3 is 0 Å². The summed E-state index contributed by atoms with van der Waals surface area (Å²) in [4.78, 5) is 0.